The molecule has 0 aliphatic carbocycles. The molecule has 2 aromatic rings. The average molecular weight is 286 g/mol. The van der Waals surface area contributed by atoms with Crippen LogP contribution in [0.15, 0.2) is 41.5 Å². The highest BCUT2D eigenvalue weighted by Crippen LogP contribution is 2.33. The Bertz CT molecular complexity index is 669. The van der Waals surface area contributed by atoms with Crippen molar-refractivity contribution in [3.63, 3.8) is 0 Å². The summed E-state index contributed by atoms with van der Waals surface area (Å²) < 4.78 is 10.2. The van der Waals surface area contributed by atoms with E-state index in [0.717, 1.165) is 0 Å². The maximum Gasteiger partial charge on any atom is 0.340 e. The normalized spacial score (nSPS) is 10.6. The Labute approximate surface area is 121 Å². The van der Waals surface area contributed by atoms with Gasteiger partial charge in [-0.25, -0.2) is 14.8 Å². The molecule has 0 aliphatic rings. The lowest BCUT2D eigenvalue weighted by molar-refractivity contribution is 0.0692. The molecule has 21 heavy (non-hydrogen) atoms. The molecule has 0 aliphatic heterocycles. The van der Waals surface area contributed by atoms with Crippen LogP contribution in [0.4, 0.5) is 5.82 Å². The first-order valence-corrected chi connectivity index (χ1v) is 6.10. The summed E-state index contributed by atoms with van der Waals surface area (Å²) >= 11 is 0. The van der Waals surface area contributed by atoms with Crippen molar-refractivity contribution in [3.05, 3.63) is 47.7 Å². The molecule has 0 saturated carbocycles. The van der Waals surface area contributed by atoms with Gasteiger partial charge in [0.1, 0.15) is 5.56 Å². The van der Waals surface area contributed by atoms with Crippen LogP contribution < -0.4 is 9.47 Å². The number of ether oxygens (including phenoxy) is 2. The van der Waals surface area contributed by atoms with Gasteiger partial charge in [0.2, 0.25) is 0 Å². The first-order valence-electron chi connectivity index (χ1n) is 6.10. The number of nitrogens with zero attached hydrogens (tertiary/aromatic N) is 2. The van der Waals surface area contributed by atoms with Crippen LogP contribution in [0.5, 0.6) is 11.5 Å². The van der Waals surface area contributed by atoms with E-state index in [1.165, 1.54) is 20.4 Å². The number of aromatic carboxylic acids is 1. The van der Waals surface area contributed by atoms with Crippen LogP contribution in [0, 0.1) is 0 Å². The monoisotopic (exact) mass is 286 g/mol. The average Bonchev–Trinajstić information content (AvgIpc) is 2.52. The minimum atomic E-state index is -1.12. The summed E-state index contributed by atoms with van der Waals surface area (Å²) in [4.78, 5) is 19.7. The number of rotatable bonds is 5. The lowest BCUT2D eigenvalue weighted by atomic mass is 10.1. The van der Waals surface area contributed by atoms with E-state index in [1.807, 2.05) is 0 Å². The Hall–Kier alpha value is -2.89. The molecular formula is C15H14N2O4. The third-order valence-corrected chi connectivity index (χ3v) is 2.78. The summed E-state index contributed by atoms with van der Waals surface area (Å²) in [6, 6.07) is 8.53. The minimum absolute atomic E-state index is 0.00321. The van der Waals surface area contributed by atoms with Crippen molar-refractivity contribution in [1.82, 2.24) is 4.98 Å². The van der Waals surface area contributed by atoms with Crippen LogP contribution in [0.3, 0.4) is 0 Å². The summed E-state index contributed by atoms with van der Waals surface area (Å²) in [7, 11) is 2.84. The van der Waals surface area contributed by atoms with E-state index in [4.69, 9.17) is 9.47 Å². The Kier molecular flexibility index (Phi) is 4.50. The molecule has 0 fully saturated rings. The van der Waals surface area contributed by atoms with E-state index < -0.39 is 5.97 Å². The van der Waals surface area contributed by atoms with Crippen molar-refractivity contribution in [2.24, 2.45) is 4.99 Å². The van der Waals surface area contributed by atoms with Gasteiger partial charge < -0.3 is 14.6 Å². The van der Waals surface area contributed by atoms with Crippen molar-refractivity contribution in [3.8, 4) is 11.5 Å². The Balaban J connectivity index is 2.49. The molecule has 1 aromatic carbocycles. The number of aliphatic imine (C=N–C) groups is 1. The molecule has 0 bridgehead atoms. The highest BCUT2D eigenvalue weighted by molar-refractivity contribution is 6.02. The number of methoxy groups -OCH3 is 2. The zero-order valence-corrected chi connectivity index (χ0v) is 11.6. The first-order chi connectivity index (χ1) is 10.2. The zero-order chi connectivity index (χ0) is 15.2. The standard InChI is InChI=1S/C15H14N2O4/c1-20-11-7-6-10(13(15(18)19)14(11)21-2)9-17-12-5-3-4-8-16-12/h3-9H,1-2H3,(H,18,19). The van der Waals surface area contributed by atoms with Crippen molar-refractivity contribution in [1.29, 1.82) is 0 Å². The maximum atomic E-state index is 11.5. The number of carbonyl (C=O) groups is 1. The number of aromatic nitrogens is 1. The fraction of sp³-hybridized carbons (Fsp3) is 0.133. The van der Waals surface area contributed by atoms with Gasteiger partial charge in [-0.2, -0.15) is 0 Å². The lowest BCUT2D eigenvalue weighted by Crippen LogP contribution is -2.06. The number of benzene rings is 1. The molecule has 6 nitrogen and oxygen atoms in total. The fourth-order valence-electron chi connectivity index (χ4n) is 1.84. The fourth-order valence-corrected chi connectivity index (χ4v) is 1.84. The Morgan fingerprint density at radius 2 is 2.05 bits per heavy atom. The Morgan fingerprint density at radius 1 is 1.24 bits per heavy atom. The second kappa shape index (κ2) is 6.51. The van der Waals surface area contributed by atoms with Crippen LogP contribution in [-0.2, 0) is 0 Å². The van der Waals surface area contributed by atoms with Gasteiger partial charge in [-0.3, -0.25) is 0 Å². The van der Waals surface area contributed by atoms with Crippen LogP contribution in [0.1, 0.15) is 15.9 Å². The van der Waals surface area contributed by atoms with Gasteiger partial charge in [0.25, 0.3) is 0 Å². The predicted octanol–water partition coefficient (Wildman–Crippen LogP) is 2.55. The highest BCUT2D eigenvalue weighted by Gasteiger charge is 2.19. The number of pyridine rings is 1. The number of carboxylic acid groups (broad SMARTS) is 1. The highest BCUT2D eigenvalue weighted by atomic mass is 16.5. The molecular weight excluding hydrogens is 272 g/mol. The quantitative estimate of drug-likeness (QED) is 0.854. The van der Waals surface area contributed by atoms with Gasteiger partial charge in [-0.1, -0.05) is 6.07 Å². The van der Waals surface area contributed by atoms with Crippen LogP contribution >= 0.6 is 0 Å². The van der Waals surface area contributed by atoms with Crippen LogP contribution in [0.2, 0.25) is 0 Å². The third-order valence-electron chi connectivity index (χ3n) is 2.78. The topological polar surface area (TPSA) is 81.0 Å². The first kappa shape index (κ1) is 14.5. The minimum Gasteiger partial charge on any atom is -0.493 e. The van der Waals surface area contributed by atoms with Crippen LogP contribution in [-0.4, -0.2) is 36.5 Å². The van der Waals surface area contributed by atoms with E-state index in [0.29, 0.717) is 17.1 Å². The maximum absolute atomic E-state index is 11.5. The molecule has 108 valence electrons. The number of carboxylic acids is 1. The summed E-state index contributed by atoms with van der Waals surface area (Å²) in [5.74, 6) is -0.114. The molecule has 0 unspecified atom stereocenters. The van der Waals surface area contributed by atoms with E-state index in [2.05, 4.69) is 9.98 Å². The van der Waals surface area contributed by atoms with E-state index in [9.17, 15) is 9.90 Å². The third kappa shape index (κ3) is 3.17. The SMILES string of the molecule is COc1ccc(C=Nc2ccccn2)c(C(=O)O)c1OC. The predicted molar refractivity (Wildman–Crippen MR) is 78.0 cm³/mol. The molecule has 2 rings (SSSR count). The molecule has 1 aromatic heterocycles. The van der Waals surface area contributed by atoms with Gasteiger partial charge in [0.05, 0.1) is 14.2 Å². The lowest BCUT2D eigenvalue weighted by Gasteiger charge is -2.12. The molecule has 6 heteroatoms. The van der Waals surface area contributed by atoms with Crippen molar-refractivity contribution >= 4 is 18.0 Å². The van der Waals surface area contributed by atoms with E-state index in [-0.39, 0.29) is 11.3 Å². The zero-order valence-electron chi connectivity index (χ0n) is 11.6. The van der Waals surface area contributed by atoms with Crippen molar-refractivity contribution in [2.45, 2.75) is 0 Å². The molecule has 0 atom stereocenters. The van der Waals surface area contributed by atoms with Crippen molar-refractivity contribution < 1.29 is 19.4 Å². The Morgan fingerprint density at radius 3 is 2.62 bits per heavy atom. The van der Waals surface area contributed by atoms with Gasteiger partial charge in [0.15, 0.2) is 17.3 Å². The van der Waals surface area contributed by atoms with Crippen LogP contribution in [0.25, 0.3) is 0 Å². The van der Waals surface area contributed by atoms with E-state index >= 15 is 0 Å². The summed E-state index contributed by atoms with van der Waals surface area (Å²) in [6.07, 6.45) is 3.05. The molecule has 0 amide bonds. The van der Waals surface area contributed by atoms with Gasteiger partial charge >= 0.3 is 5.97 Å². The number of hydrogen-bond acceptors (Lipinski definition) is 5. The second-order valence-corrected chi connectivity index (χ2v) is 4.02. The van der Waals surface area contributed by atoms with Crippen molar-refractivity contribution in [2.75, 3.05) is 14.2 Å². The molecule has 0 radical (unpaired) electrons. The molecule has 1 heterocycles. The second-order valence-electron chi connectivity index (χ2n) is 4.02. The molecule has 0 saturated heterocycles. The smallest absolute Gasteiger partial charge is 0.340 e. The van der Waals surface area contributed by atoms with Gasteiger partial charge in [-0.15, -0.1) is 0 Å². The summed E-state index contributed by atoms with van der Waals surface area (Å²) in [6.45, 7) is 0. The molecule has 1 N–H and O–H groups in total. The van der Waals surface area contributed by atoms with E-state index in [1.54, 1.807) is 36.5 Å². The van der Waals surface area contributed by atoms with Gasteiger partial charge in [0, 0.05) is 18.0 Å². The summed E-state index contributed by atoms with van der Waals surface area (Å²) in [5.41, 5.74) is 0.405. The number of hydrogen-bond donors (Lipinski definition) is 1. The largest absolute Gasteiger partial charge is 0.493 e. The van der Waals surface area contributed by atoms with Gasteiger partial charge in [-0.05, 0) is 24.3 Å². The molecule has 0 spiro atoms. The summed E-state index contributed by atoms with van der Waals surface area (Å²) in [5, 5.41) is 9.38.